The predicted molar refractivity (Wildman–Crippen MR) is 88.1 cm³/mol. The van der Waals surface area contributed by atoms with Gasteiger partial charge in [0, 0.05) is 24.9 Å². The Hall–Kier alpha value is -1.24. The van der Waals surface area contributed by atoms with Gasteiger partial charge in [0.2, 0.25) is 0 Å². The van der Waals surface area contributed by atoms with E-state index < -0.39 is 0 Å². The van der Waals surface area contributed by atoms with Crippen molar-refractivity contribution in [1.29, 1.82) is 0 Å². The molecule has 0 N–H and O–H groups in total. The number of hydrogen-bond acceptors (Lipinski definition) is 4. The molecule has 1 aliphatic heterocycles. The molecule has 0 fully saturated rings. The Morgan fingerprint density at radius 1 is 1.23 bits per heavy atom. The van der Waals surface area contributed by atoms with Gasteiger partial charge in [0.25, 0.3) is 0 Å². The van der Waals surface area contributed by atoms with Crippen LogP contribution in [0.25, 0.3) is 5.65 Å². The molecule has 3 aromatic rings. The summed E-state index contributed by atoms with van der Waals surface area (Å²) < 4.78 is 3.92. The number of nitrogens with zero attached hydrogens (tertiary/aromatic N) is 5. The van der Waals surface area contributed by atoms with E-state index in [2.05, 4.69) is 25.8 Å². The van der Waals surface area contributed by atoms with Gasteiger partial charge in [-0.05, 0) is 19.4 Å². The smallest absolute Gasteiger partial charge is 0.174 e. The zero-order valence-electron chi connectivity index (χ0n) is 11.9. The molecule has 0 radical (unpaired) electrons. The van der Waals surface area contributed by atoms with Crippen LogP contribution in [0.3, 0.4) is 0 Å². The van der Waals surface area contributed by atoms with Crippen LogP contribution in [0.1, 0.15) is 17.2 Å². The Bertz CT molecular complexity index is 848. The molecule has 22 heavy (non-hydrogen) atoms. The molecule has 0 spiro atoms. The van der Waals surface area contributed by atoms with Crippen molar-refractivity contribution in [2.75, 3.05) is 5.75 Å². The summed E-state index contributed by atoms with van der Waals surface area (Å²) in [5, 5.41) is 6.74. The molecule has 0 saturated carbocycles. The maximum Gasteiger partial charge on any atom is 0.174 e. The molecule has 0 atom stereocenters. The average Bonchev–Trinajstić information content (AvgIpc) is 3.16. The Morgan fingerprint density at radius 2 is 2.09 bits per heavy atom. The summed E-state index contributed by atoms with van der Waals surface area (Å²) in [5.74, 6) is 1.88. The van der Waals surface area contributed by atoms with Gasteiger partial charge >= 0.3 is 0 Å². The first-order valence-electron chi connectivity index (χ1n) is 7.01. The molecule has 0 amide bonds. The molecular weight excluding hydrogens is 341 g/mol. The van der Waals surface area contributed by atoms with Crippen LogP contribution in [-0.4, -0.2) is 29.9 Å². The molecule has 0 aliphatic carbocycles. The van der Waals surface area contributed by atoms with E-state index in [1.807, 2.05) is 6.92 Å². The number of pyridine rings is 1. The fraction of sp³-hybridized carbons (Fsp3) is 0.357. The molecule has 1 aliphatic rings. The molecule has 0 unspecified atom stereocenters. The van der Waals surface area contributed by atoms with Crippen LogP contribution in [0.5, 0.6) is 0 Å². The van der Waals surface area contributed by atoms with Crippen molar-refractivity contribution < 1.29 is 0 Å². The first kappa shape index (κ1) is 14.4. The fourth-order valence-corrected chi connectivity index (χ4v) is 3.99. The number of hydrogen-bond donors (Lipinski definition) is 0. The Kier molecular flexibility index (Phi) is 3.55. The van der Waals surface area contributed by atoms with E-state index in [0.717, 1.165) is 47.5 Å². The third-order valence-corrected chi connectivity index (χ3v) is 5.37. The molecule has 4 rings (SSSR count). The molecule has 4 heterocycles. The summed E-state index contributed by atoms with van der Waals surface area (Å²) in [6, 6.07) is 1.71. The van der Waals surface area contributed by atoms with E-state index >= 15 is 0 Å². The van der Waals surface area contributed by atoms with Gasteiger partial charge in [-0.3, -0.25) is 0 Å². The molecular formula is C14H13Cl2N5S. The van der Waals surface area contributed by atoms with Crippen LogP contribution in [0.15, 0.2) is 17.4 Å². The van der Waals surface area contributed by atoms with Crippen molar-refractivity contribution in [1.82, 2.24) is 24.1 Å². The number of fused-ring (bicyclic) bond motifs is 2. The minimum absolute atomic E-state index is 0.520. The zero-order valence-corrected chi connectivity index (χ0v) is 14.2. The number of halogens is 2. The lowest BCUT2D eigenvalue weighted by Crippen LogP contribution is -1.97. The first-order valence-corrected chi connectivity index (χ1v) is 8.75. The van der Waals surface area contributed by atoms with Crippen molar-refractivity contribution in [3.8, 4) is 0 Å². The van der Waals surface area contributed by atoms with Gasteiger partial charge in [0.15, 0.2) is 16.6 Å². The highest BCUT2D eigenvalue weighted by atomic mass is 35.5. The van der Waals surface area contributed by atoms with Crippen molar-refractivity contribution in [2.24, 2.45) is 0 Å². The topological polar surface area (TPSA) is 48.0 Å². The van der Waals surface area contributed by atoms with Crippen LogP contribution in [0, 0.1) is 6.92 Å². The monoisotopic (exact) mass is 353 g/mol. The maximum atomic E-state index is 6.19. The zero-order chi connectivity index (χ0) is 15.3. The van der Waals surface area contributed by atoms with Crippen molar-refractivity contribution in [3.63, 3.8) is 0 Å². The minimum atomic E-state index is 0.520. The largest absolute Gasteiger partial charge is 0.325 e. The Labute approximate surface area is 141 Å². The van der Waals surface area contributed by atoms with Crippen LogP contribution in [0.2, 0.25) is 10.0 Å². The highest BCUT2D eigenvalue weighted by molar-refractivity contribution is 7.99. The SMILES string of the molecule is Cc1c(Cl)cc(Cl)c2nc(CCc3cn4c(n3)SCC4)nn12. The lowest BCUT2D eigenvalue weighted by Gasteiger charge is -2.01. The average molecular weight is 354 g/mol. The Balaban J connectivity index is 1.59. The summed E-state index contributed by atoms with van der Waals surface area (Å²) in [5.41, 5.74) is 2.58. The Morgan fingerprint density at radius 3 is 2.91 bits per heavy atom. The quantitative estimate of drug-likeness (QED) is 0.723. The number of imidazole rings is 1. The van der Waals surface area contributed by atoms with Crippen LogP contribution in [-0.2, 0) is 19.4 Å². The molecule has 114 valence electrons. The summed E-state index contributed by atoms with van der Waals surface area (Å²) in [4.78, 5) is 9.14. The molecule has 8 heteroatoms. The highest BCUT2D eigenvalue weighted by Gasteiger charge is 2.16. The molecule has 3 aromatic heterocycles. The summed E-state index contributed by atoms with van der Waals surface area (Å²) in [7, 11) is 0. The van der Waals surface area contributed by atoms with Crippen molar-refractivity contribution in [2.45, 2.75) is 31.5 Å². The number of aromatic nitrogens is 5. The van der Waals surface area contributed by atoms with E-state index in [9.17, 15) is 0 Å². The lowest BCUT2D eigenvalue weighted by molar-refractivity contribution is 0.719. The number of aryl methyl sites for hydroxylation is 4. The van der Waals surface area contributed by atoms with E-state index in [1.54, 1.807) is 22.3 Å². The van der Waals surface area contributed by atoms with Crippen LogP contribution < -0.4 is 0 Å². The standard InChI is InChI=1S/C14H13Cl2N5S/c1-8-10(15)6-11(16)13-18-12(19-21(8)13)3-2-9-7-20-4-5-22-14(20)17-9/h6-7H,2-5H2,1H3. The van der Waals surface area contributed by atoms with E-state index in [4.69, 9.17) is 23.2 Å². The van der Waals surface area contributed by atoms with Crippen LogP contribution >= 0.6 is 35.0 Å². The third-order valence-electron chi connectivity index (χ3n) is 3.74. The van der Waals surface area contributed by atoms with Crippen molar-refractivity contribution >= 4 is 40.6 Å². The molecule has 0 bridgehead atoms. The summed E-state index contributed by atoms with van der Waals surface area (Å²) >= 11 is 14.1. The first-order chi connectivity index (χ1) is 10.6. The van der Waals surface area contributed by atoms with Crippen molar-refractivity contribution in [3.05, 3.63) is 39.5 Å². The fourth-order valence-electron chi connectivity index (χ4n) is 2.55. The van der Waals surface area contributed by atoms with Gasteiger partial charge in [0.1, 0.15) is 0 Å². The number of rotatable bonds is 3. The molecule has 0 saturated heterocycles. The van der Waals surface area contributed by atoms with Gasteiger partial charge in [-0.25, -0.2) is 14.5 Å². The van der Waals surface area contributed by atoms with E-state index in [-0.39, 0.29) is 0 Å². The third kappa shape index (κ3) is 2.39. The molecule has 0 aromatic carbocycles. The van der Waals surface area contributed by atoms with Gasteiger partial charge in [0.05, 0.1) is 21.4 Å². The van der Waals surface area contributed by atoms with Gasteiger partial charge in [-0.15, -0.1) is 0 Å². The number of thioether (sulfide) groups is 1. The summed E-state index contributed by atoms with van der Waals surface area (Å²) in [6.07, 6.45) is 3.68. The second kappa shape index (κ2) is 5.44. The molecule has 5 nitrogen and oxygen atoms in total. The van der Waals surface area contributed by atoms with Crippen LogP contribution in [0.4, 0.5) is 0 Å². The highest BCUT2D eigenvalue weighted by Crippen LogP contribution is 2.26. The van der Waals surface area contributed by atoms with Gasteiger partial charge in [-0.1, -0.05) is 35.0 Å². The maximum absolute atomic E-state index is 6.19. The van der Waals surface area contributed by atoms with E-state index in [0.29, 0.717) is 15.7 Å². The normalized spacial score (nSPS) is 14.0. The predicted octanol–water partition coefficient (Wildman–Crippen LogP) is 3.43. The second-order valence-corrected chi connectivity index (χ2v) is 7.12. The van der Waals surface area contributed by atoms with Gasteiger partial charge < -0.3 is 4.57 Å². The van der Waals surface area contributed by atoms with E-state index in [1.165, 1.54) is 0 Å². The summed E-state index contributed by atoms with van der Waals surface area (Å²) in [6.45, 7) is 2.95. The minimum Gasteiger partial charge on any atom is -0.325 e. The van der Waals surface area contributed by atoms with Gasteiger partial charge in [-0.2, -0.15) is 5.10 Å². The second-order valence-electron chi connectivity index (χ2n) is 5.25. The lowest BCUT2D eigenvalue weighted by atomic mass is 10.2.